The number of imide groups is 1. The molecule has 10 rings (SSSR count). The second kappa shape index (κ2) is 20.5. The lowest BCUT2D eigenvalue weighted by molar-refractivity contribution is -0.300. The lowest BCUT2D eigenvalue weighted by Crippen LogP contribution is -2.37. The summed E-state index contributed by atoms with van der Waals surface area (Å²) in [6.45, 7) is -0.227. The Bertz CT molecular complexity index is 2820. The first-order valence-electron chi connectivity index (χ1n) is 22.9. The maximum atomic E-state index is 14.0. The van der Waals surface area contributed by atoms with Gasteiger partial charge in [0.25, 0.3) is 23.6 Å². The van der Waals surface area contributed by atoms with Crippen LogP contribution in [-0.2, 0) is 59.8 Å². The zero-order valence-electron chi connectivity index (χ0n) is 38.7. The summed E-state index contributed by atoms with van der Waals surface area (Å²) in [7, 11) is 3.02. The zero-order valence-corrected chi connectivity index (χ0v) is 38.7. The Balaban J connectivity index is 0.817. The summed E-state index contributed by atoms with van der Waals surface area (Å²) >= 11 is 0. The summed E-state index contributed by atoms with van der Waals surface area (Å²) in [4.78, 5) is 91.3. The molecule has 0 aliphatic carbocycles. The standard InChI is InChI=1S/C52H47N5O14/c1-63-44-22-38-40(53-26-35-20-33-7-3-5-9-42(33)55(35)51(38)61)24-46(44)66-28-31-17-32(19-37(18-31)68-30-65-15-16-70-69-14-13-50(60)71-57-48(58)11-12-49(57)59)29-67-47-25-41-39(23-45(47)64-2)52(62)56-36(27-54-41)21-34-8-4-6-10-43(34)56/h3-10,17-19,22-27,35-36H,11-16,20-21,28-30H2,1-2H3/t35-,36-/m0/s1. The molecule has 0 unspecified atom stereocenters. The minimum Gasteiger partial charge on any atom is -0.493 e. The third-order valence-electron chi connectivity index (χ3n) is 12.4. The molecule has 2 atom stereocenters. The van der Waals surface area contributed by atoms with Crippen LogP contribution in [0.2, 0.25) is 0 Å². The highest BCUT2D eigenvalue weighted by atomic mass is 17.2. The van der Waals surface area contributed by atoms with E-state index in [1.165, 1.54) is 14.2 Å². The van der Waals surface area contributed by atoms with E-state index in [1.54, 1.807) is 58.6 Å². The maximum absolute atomic E-state index is 14.0. The normalized spacial score (nSPS) is 17.2. The van der Waals surface area contributed by atoms with Gasteiger partial charge in [-0.2, -0.15) is 0 Å². The lowest BCUT2D eigenvalue weighted by atomic mass is 10.1. The van der Waals surface area contributed by atoms with Gasteiger partial charge in [0.05, 0.1) is 68.4 Å². The molecule has 1 fully saturated rings. The Kier molecular flexibility index (Phi) is 13.4. The van der Waals surface area contributed by atoms with Crippen molar-refractivity contribution in [3.8, 4) is 28.7 Å². The van der Waals surface area contributed by atoms with Gasteiger partial charge in [0.2, 0.25) is 0 Å². The summed E-state index contributed by atoms with van der Waals surface area (Å²) in [5.41, 5.74) is 6.95. The third-order valence-corrected chi connectivity index (χ3v) is 12.4. The molecule has 5 aliphatic rings. The molecule has 0 saturated carbocycles. The van der Waals surface area contributed by atoms with Crippen molar-refractivity contribution in [3.05, 3.63) is 124 Å². The van der Waals surface area contributed by atoms with E-state index < -0.39 is 17.8 Å². The van der Waals surface area contributed by atoms with Crippen LogP contribution in [0, 0.1) is 0 Å². The minimum absolute atomic E-state index is 0.00362. The van der Waals surface area contributed by atoms with Gasteiger partial charge < -0.3 is 33.3 Å². The molecule has 19 nitrogen and oxygen atoms in total. The Labute approximate surface area is 406 Å². The predicted molar refractivity (Wildman–Crippen MR) is 254 cm³/mol. The number of anilines is 2. The number of aliphatic imine (C=N–C) groups is 2. The predicted octanol–water partition coefficient (Wildman–Crippen LogP) is 6.74. The number of benzene rings is 5. The zero-order chi connectivity index (χ0) is 49.0. The molecule has 0 N–H and O–H groups in total. The van der Waals surface area contributed by atoms with E-state index >= 15 is 0 Å². The van der Waals surface area contributed by atoms with Crippen LogP contribution in [0.25, 0.3) is 0 Å². The number of para-hydroxylation sites is 2. The fraction of sp³-hybridized carbons (Fsp3) is 0.288. The number of hydrogen-bond acceptors (Lipinski definition) is 16. The minimum atomic E-state index is -0.816. The fourth-order valence-corrected chi connectivity index (χ4v) is 8.99. The van der Waals surface area contributed by atoms with Gasteiger partial charge in [-0.15, -0.1) is 5.06 Å². The van der Waals surface area contributed by atoms with Gasteiger partial charge in [0, 0.05) is 61.6 Å². The van der Waals surface area contributed by atoms with Crippen LogP contribution >= 0.6 is 0 Å². The van der Waals surface area contributed by atoms with Crippen molar-refractivity contribution in [3.63, 3.8) is 0 Å². The number of fused-ring (bicyclic) bond motifs is 8. The smallest absolute Gasteiger partial charge is 0.335 e. The van der Waals surface area contributed by atoms with E-state index in [4.69, 9.17) is 53.0 Å². The van der Waals surface area contributed by atoms with Crippen LogP contribution in [0.5, 0.6) is 28.7 Å². The van der Waals surface area contributed by atoms with Crippen LogP contribution in [0.1, 0.15) is 62.2 Å². The topological polar surface area (TPSA) is 203 Å². The first kappa shape index (κ1) is 46.6. The van der Waals surface area contributed by atoms with Gasteiger partial charge in [-0.05, 0) is 64.7 Å². The van der Waals surface area contributed by atoms with Gasteiger partial charge in [0.1, 0.15) is 25.6 Å². The van der Waals surface area contributed by atoms with Crippen LogP contribution in [0.4, 0.5) is 22.7 Å². The van der Waals surface area contributed by atoms with E-state index in [0.29, 0.717) is 80.3 Å². The highest BCUT2D eigenvalue weighted by Gasteiger charge is 2.38. The van der Waals surface area contributed by atoms with E-state index in [2.05, 4.69) is 0 Å². The molecule has 0 bridgehead atoms. The number of nitrogens with zero attached hydrogens (tertiary/aromatic N) is 5. The number of rotatable bonds is 19. The number of ether oxygens (including phenoxy) is 6. The van der Waals surface area contributed by atoms with E-state index in [9.17, 15) is 24.0 Å². The molecule has 5 aromatic carbocycles. The average molecular weight is 966 g/mol. The number of amides is 4. The Morgan fingerprint density at radius 2 is 1.13 bits per heavy atom. The Morgan fingerprint density at radius 1 is 0.606 bits per heavy atom. The number of methoxy groups -OCH3 is 2. The quantitative estimate of drug-likeness (QED) is 0.0277. The molecule has 1 saturated heterocycles. The largest absolute Gasteiger partial charge is 0.493 e. The average Bonchev–Trinajstić information content (AvgIpc) is 4.00. The van der Waals surface area contributed by atoms with Gasteiger partial charge in [-0.1, -0.05) is 36.4 Å². The van der Waals surface area contributed by atoms with E-state index in [1.807, 2.05) is 54.6 Å². The molecule has 364 valence electrons. The van der Waals surface area contributed by atoms with Crippen molar-refractivity contribution in [2.24, 2.45) is 9.98 Å². The molecular weight excluding hydrogens is 919 g/mol. The van der Waals surface area contributed by atoms with Crippen LogP contribution in [0.3, 0.4) is 0 Å². The first-order valence-corrected chi connectivity index (χ1v) is 22.9. The van der Waals surface area contributed by atoms with E-state index in [-0.39, 0.29) is 83.0 Å². The van der Waals surface area contributed by atoms with E-state index in [0.717, 1.165) is 22.5 Å². The summed E-state index contributed by atoms with van der Waals surface area (Å²) in [5.74, 6) is -0.457. The van der Waals surface area contributed by atoms with Gasteiger partial charge in [-0.3, -0.25) is 39.0 Å². The Hall–Kier alpha value is -8.13. The first-order chi connectivity index (χ1) is 34.6. The number of hydrogen-bond donors (Lipinski definition) is 0. The summed E-state index contributed by atoms with van der Waals surface area (Å²) in [5, 5.41) is 0.470. The molecule has 19 heteroatoms. The second-order valence-corrected chi connectivity index (χ2v) is 16.9. The summed E-state index contributed by atoms with van der Waals surface area (Å²) < 4.78 is 35.9. The van der Waals surface area contributed by atoms with Crippen molar-refractivity contribution in [1.82, 2.24) is 5.06 Å². The molecule has 5 heterocycles. The highest BCUT2D eigenvalue weighted by Crippen LogP contribution is 2.43. The SMILES string of the molecule is COc1cc2c(cc1OCc1cc(COc3cc4c(cc3OC)C(=O)N3c5ccccc5C[C@H]3C=N4)cc(OCOCCOOCCC(=O)ON3C(=O)CCC3=O)c1)N=C[C@@H]1Cc3ccccc3N1C2=O. The monoisotopic (exact) mass is 965 g/mol. The molecule has 5 aromatic rings. The molecule has 0 spiro atoms. The number of carbonyl (C=O) groups excluding carboxylic acids is 5. The van der Waals surface area contributed by atoms with Crippen molar-refractivity contribution in [1.29, 1.82) is 0 Å². The second-order valence-electron chi connectivity index (χ2n) is 16.9. The van der Waals surface area contributed by atoms with Crippen LogP contribution in [-0.4, -0.2) is 100 Å². The molecular formula is C52H47N5O14. The summed E-state index contributed by atoms with van der Waals surface area (Å²) in [6.07, 6.45) is 4.65. The van der Waals surface area contributed by atoms with Crippen LogP contribution in [0.15, 0.2) is 101 Å². The van der Waals surface area contributed by atoms with Gasteiger partial charge in [-0.25, -0.2) is 14.6 Å². The fourth-order valence-electron chi connectivity index (χ4n) is 8.99. The Morgan fingerprint density at radius 3 is 1.66 bits per heavy atom. The molecule has 0 aromatic heterocycles. The van der Waals surface area contributed by atoms with Gasteiger partial charge >= 0.3 is 5.97 Å². The third kappa shape index (κ3) is 9.74. The highest BCUT2D eigenvalue weighted by molar-refractivity contribution is 6.16. The molecule has 4 amide bonds. The van der Waals surface area contributed by atoms with Crippen molar-refractivity contribution in [2.45, 2.75) is 57.4 Å². The molecule has 0 radical (unpaired) electrons. The number of carbonyl (C=O) groups is 5. The lowest BCUT2D eigenvalue weighted by Gasteiger charge is -2.22. The van der Waals surface area contributed by atoms with Crippen molar-refractivity contribution < 1.29 is 67.0 Å². The number of hydroxylamine groups is 2. The molecule has 5 aliphatic heterocycles. The summed E-state index contributed by atoms with van der Waals surface area (Å²) in [6, 6.07) is 27.4. The van der Waals surface area contributed by atoms with Crippen molar-refractivity contribution >= 4 is 64.8 Å². The maximum Gasteiger partial charge on any atom is 0.335 e. The van der Waals surface area contributed by atoms with Gasteiger partial charge in [0.15, 0.2) is 29.8 Å². The van der Waals surface area contributed by atoms with Crippen LogP contribution < -0.4 is 33.5 Å². The van der Waals surface area contributed by atoms with Crippen molar-refractivity contribution in [2.75, 3.05) is 50.6 Å². The molecule has 71 heavy (non-hydrogen) atoms.